The first kappa shape index (κ1) is 16.7. The van der Waals surface area contributed by atoms with Crippen LogP contribution >= 0.6 is 0 Å². The van der Waals surface area contributed by atoms with E-state index in [0.29, 0.717) is 25.4 Å². The van der Waals surface area contributed by atoms with E-state index in [4.69, 9.17) is 10.5 Å². The van der Waals surface area contributed by atoms with Crippen LogP contribution in [0.2, 0.25) is 0 Å². The molecule has 0 spiro atoms. The van der Waals surface area contributed by atoms with E-state index >= 15 is 0 Å². The van der Waals surface area contributed by atoms with Gasteiger partial charge in [0.05, 0.1) is 12.3 Å². The van der Waals surface area contributed by atoms with Crippen LogP contribution in [0.5, 0.6) is 5.75 Å². The van der Waals surface area contributed by atoms with Gasteiger partial charge in [-0.1, -0.05) is 12.1 Å². The van der Waals surface area contributed by atoms with E-state index in [1.165, 1.54) is 12.1 Å². The summed E-state index contributed by atoms with van der Waals surface area (Å²) in [4.78, 5) is 1.91. The first-order valence-corrected chi connectivity index (χ1v) is 8.25. The quantitative estimate of drug-likeness (QED) is 0.928. The summed E-state index contributed by atoms with van der Waals surface area (Å²) >= 11 is 0. The molecule has 2 atom stereocenters. The van der Waals surface area contributed by atoms with E-state index in [1.807, 2.05) is 36.1 Å². The average molecular weight is 332 g/mol. The Bertz CT molecular complexity index is 690. The highest BCUT2D eigenvalue weighted by atomic mass is 19.1. The summed E-state index contributed by atoms with van der Waals surface area (Å²) in [5, 5.41) is 0. The Hall–Kier alpha value is -2.14. The van der Waals surface area contributed by atoms with Gasteiger partial charge in [0.1, 0.15) is 17.4 Å². The van der Waals surface area contributed by atoms with Gasteiger partial charge in [0.25, 0.3) is 0 Å². The molecule has 0 bridgehead atoms. The molecular weight excluding hydrogens is 310 g/mol. The van der Waals surface area contributed by atoms with Crippen LogP contribution < -0.4 is 15.4 Å². The fraction of sp³-hybridized carbons (Fsp3) is 0.368. The Morgan fingerprint density at radius 3 is 2.54 bits per heavy atom. The maximum Gasteiger partial charge on any atom is 0.149 e. The molecule has 0 radical (unpaired) electrons. The Balaban J connectivity index is 1.80. The Kier molecular flexibility index (Phi) is 5.00. The summed E-state index contributed by atoms with van der Waals surface area (Å²) in [6.07, 6.45) is 0.841. The maximum atomic E-state index is 14.1. The molecule has 1 fully saturated rings. The lowest BCUT2D eigenvalue weighted by atomic mass is 9.88. The van der Waals surface area contributed by atoms with Gasteiger partial charge in [0.2, 0.25) is 0 Å². The van der Waals surface area contributed by atoms with Crippen molar-refractivity contribution in [3.63, 3.8) is 0 Å². The molecule has 5 heteroatoms. The zero-order valence-electron chi connectivity index (χ0n) is 13.7. The molecule has 24 heavy (non-hydrogen) atoms. The third-order valence-electron chi connectivity index (χ3n) is 4.40. The Morgan fingerprint density at radius 2 is 1.88 bits per heavy atom. The van der Waals surface area contributed by atoms with Gasteiger partial charge in [0.15, 0.2) is 0 Å². The molecule has 1 aliphatic rings. The second kappa shape index (κ2) is 7.18. The fourth-order valence-corrected chi connectivity index (χ4v) is 3.32. The van der Waals surface area contributed by atoms with Crippen LogP contribution in [-0.4, -0.2) is 25.7 Å². The number of hydrogen-bond donors (Lipinski definition) is 1. The molecule has 2 N–H and O–H groups in total. The standard InChI is InChI=1S/C19H22F2N2O/c1-2-24-17-6-3-13(4-7-17)14-9-16(22)12-23(11-14)19-8-5-15(20)10-18(19)21/h3-8,10,14,16H,2,9,11-12,22H2,1H3. The molecule has 0 aromatic heterocycles. The molecule has 1 heterocycles. The van der Waals surface area contributed by atoms with Gasteiger partial charge in [-0.05, 0) is 43.2 Å². The minimum absolute atomic E-state index is 0.0558. The normalized spacial score (nSPS) is 20.9. The number of nitrogens with zero attached hydrogens (tertiary/aromatic N) is 1. The molecule has 128 valence electrons. The number of piperidine rings is 1. The van der Waals surface area contributed by atoms with Crippen molar-refractivity contribution in [3.05, 3.63) is 59.7 Å². The summed E-state index contributed by atoms with van der Waals surface area (Å²) in [5.74, 6) is -0.0770. The summed E-state index contributed by atoms with van der Waals surface area (Å²) in [7, 11) is 0. The topological polar surface area (TPSA) is 38.5 Å². The number of anilines is 1. The fourth-order valence-electron chi connectivity index (χ4n) is 3.32. The zero-order valence-corrected chi connectivity index (χ0v) is 13.7. The highest BCUT2D eigenvalue weighted by Gasteiger charge is 2.27. The van der Waals surface area contributed by atoms with Gasteiger partial charge in [-0.15, -0.1) is 0 Å². The van der Waals surface area contributed by atoms with Crippen molar-refractivity contribution in [1.29, 1.82) is 0 Å². The van der Waals surface area contributed by atoms with Crippen molar-refractivity contribution < 1.29 is 13.5 Å². The van der Waals surface area contributed by atoms with E-state index in [1.54, 1.807) is 0 Å². The number of benzene rings is 2. The molecule has 1 saturated heterocycles. The third kappa shape index (κ3) is 3.67. The van der Waals surface area contributed by atoms with Gasteiger partial charge in [-0.2, -0.15) is 0 Å². The molecule has 2 aromatic rings. The summed E-state index contributed by atoms with van der Waals surface area (Å²) in [5.41, 5.74) is 7.74. The van der Waals surface area contributed by atoms with Crippen LogP contribution in [0.4, 0.5) is 14.5 Å². The summed E-state index contributed by atoms with van der Waals surface area (Å²) < 4.78 is 32.7. The molecule has 1 aliphatic heterocycles. The second-order valence-electron chi connectivity index (χ2n) is 6.20. The van der Waals surface area contributed by atoms with Crippen molar-refractivity contribution in [3.8, 4) is 5.75 Å². The van der Waals surface area contributed by atoms with Gasteiger partial charge >= 0.3 is 0 Å². The van der Waals surface area contributed by atoms with Crippen LogP contribution in [-0.2, 0) is 0 Å². The highest BCUT2D eigenvalue weighted by molar-refractivity contribution is 5.49. The summed E-state index contributed by atoms with van der Waals surface area (Å²) in [6, 6.07) is 11.6. The molecule has 2 aromatic carbocycles. The number of nitrogens with two attached hydrogens (primary N) is 1. The van der Waals surface area contributed by atoms with Gasteiger partial charge in [0, 0.05) is 31.1 Å². The molecule has 3 nitrogen and oxygen atoms in total. The molecule has 0 saturated carbocycles. The monoisotopic (exact) mass is 332 g/mol. The lowest BCUT2D eigenvalue weighted by Crippen LogP contribution is -2.46. The zero-order chi connectivity index (χ0) is 17.1. The second-order valence-corrected chi connectivity index (χ2v) is 6.20. The number of ether oxygens (including phenoxy) is 1. The van der Waals surface area contributed by atoms with Gasteiger partial charge in [-0.25, -0.2) is 8.78 Å². The van der Waals surface area contributed by atoms with E-state index in [9.17, 15) is 8.78 Å². The van der Waals surface area contributed by atoms with Crippen molar-refractivity contribution in [2.24, 2.45) is 5.73 Å². The van der Waals surface area contributed by atoms with Crippen molar-refractivity contribution in [2.75, 3.05) is 24.6 Å². The van der Waals surface area contributed by atoms with Crippen molar-refractivity contribution in [2.45, 2.75) is 25.3 Å². The first-order chi connectivity index (χ1) is 11.6. The van der Waals surface area contributed by atoms with E-state index < -0.39 is 11.6 Å². The average Bonchev–Trinajstić information content (AvgIpc) is 2.55. The highest BCUT2D eigenvalue weighted by Crippen LogP contribution is 2.31. The Labute approximate surface area is 141 Å². The molecule has 3 rings (SSSR count). The predicted octanol–water partition coefficient (Wildman–Crippen LogP) is 3.68. The number of halogens is 2. The van der Waals surface area contributed by atoms with E-state index in [2.05, 4.69) is 0 Å². The number of rotatable bonds is 4. The maximum absolute atomic E-state index is 14.1. The first-order valence-electron chi connectivity index (χ1n) is 8.25. The molecule has 0 aliphatic carbocycles. The third-order valence-corrected chi connectivity index (χ3v) is 4.40. The Morgan fingerprint density at radius 1 is 1.12 bits per heavy atom. The lowest BCUT2D eigenvalue weighted by molar-refractivity contribution is 0.340. The van der Waals surface area contributed by atoms with Crippen LogP contribution in [0.25, 0.3) is 0 Å². The summed E-state index contributed by atoms with van der Waals surface area (Å²) in [6.45, 7) is 3.80. The predicted molar refractivity (Wildman–Crippen MR) is 91.5 cm³/mol. The van der Waals surface area contributed by atoms with Crippen LogP contribution in [0, 0.1) is 11.6 Å². The minimum atomic E-state index is -0.569. The van der Waals surface area contributed by atoms with E-state index in [0.717, 1.165) is 23.8 Å². The van der Waals surface area contributed by atoms with Gasteiger partial charge < -0.3 is 15.4 Å². The number of hydrogen-bond acceptors (Lipinski definition) is 3. The lowest BCUT2D eigenvalue weighted by Gasteiger charge is -2.38. The molecular formula is C19H22F2N2O. The molecule has 0 amide bonds. The van der Waals surface area contributed by atoms with Crippen LogP contribution in [0.1, 0.15) is 24.8 Å². The minimum Gasteiger partial charge on any atom is -0.494 e. The van der Waals surface area contributed by atoms with Crippen LogP contribution in [0.3, 0.4) is 0 Å². The van der Waals surface area contributed by atoms with Crippen molar-refractivity contribution in [1.82, 2.24) is 0 Å². The van der Waals surface area contributed by atoms with Crippen molar-refractivity contribution >= 4 is 5.69 Å². The van der Waals surface area contributed by atoms with E-state index in [-0.39, 0.29) is 12.0 Å². The molecule has 2 unspecified atom stereocenters. The smallest absolute Gasteiger partial charge is 0.149 e. The van der Waals surface area contributed by atoms with Gasteiger partial charge in [-0.3, -0.25) is 0 Å². The largest absolute Gasteiger partial charge is 0.494 e. The van der Waals surface area contributed by atoms with Crippen LogP contribution in [0.15, 0.2) is 42.5 Å². The SMILES string of the molecule is CCOc1ccc(C2CC(N)CN(c3ccc(F)cc3F)C2)cc1.